The van der Waals surface area contributed by atoms with Gasteiger partial charge in [0.25, 0.3) is 0 Å². The molecule has 3 rings (SSSR count). The van der Waals surface area contributed by atoms with E-state index in [0.29, 0.717) is 0 Å². The lowest BCUT2D eigenvalue weighted by Gasteiger charge is -2.10. The Morgan fingerprint density at radius 3 is 2.50 bits per heavy atom. The molecule has 1 aliphatic rings. The lowest BCUT2D eigenvalue weighted by Crippen LogP contribution is -2.12. The summed E-state index contributed by atoms with van der Waals surface area (Å²) in [6, 6.07) is 16.1. The third kappa shape index (κ3) is 1.48. The zero-order valence-corrected chi connectivity index (χ0v) is 8.89. The summed E-state index contributed by atoms with van der Waals surface area (Å²) in [7, 11) is 0. The molecule has 1 unspecified atom stereocenters. The van der Waals surface area contributed by atoms with Crippen LogP contribution < -0.4 is 10.5 Å². The highest BCUT2D eigenvalue weighted by molar-refractivity contribution is 5.46. The molecule has 0 saturated carbocycles. The second kappa shape index (κ2) is 3.65. The minimum absolute atomic E-state index is 0.0137. The van der Waals surface area contributed by atoms with Gasteiger partial charge in [-0.05, 0) is 24.1 Å². The van der Waals surface area contributed by atoms with Gasteiger partial charge in [0, 0.05) is 11.6 Å². The fourth-order valence-corrected chi connectivity index (χ4v) is 2.12. The number of ether oxygens (including phenoxy) is 1. The Hall–Kier alpha value is -1.80. The summed E-state index contributed by atoms with van der Waals surface area (Å²) in [5, 5.41) is 0. The van der Waals surface area contributed by atoms with Crippen LogP contribution in [0.2, 0.25) is 0 Å². The summed E-state index contributed by atoms with van der Waals surface area (Å²) in [5.41, 5.74) is 8.44. The molecular formula is C14H13NO. The number of rotatable bonds is 0. The molecule has 1 aliphatic heterocycles. The van der Waals surface area contributed by atoms with Crippen molar-refractivity contribution in [3.05, 3.63) is 59.7 Å². The fraction of sp³-hybridized carbons (Fsp3) is 0.143. The van der Waals surface area contributed by atoms with Crippen molar-refractivity contribution in [2.24, 2.45) is 5.73 Å². The van der Waals surface area contributed by atoms with Crippen LogP contribution in [0.3, 0.4) is 0 Å². The summed E-state index contributed by atoms with van der Waals surface area (Å²) in [4.78, 5) is 0. The lowest BCUT2D eigenvalue weighted by atomic mass is 10.00. The van der Waals surface area contributed by atoms with Crippen molar-refractivity contribution < 1.29 is 4.74 Å². The van der Waals surface area contributed by atoms with Gasteiger partial charge in [-0.1, -0.05) is 36.4 Å². The topological polar surface area (TPSA) is 35.2 Å². The summed E-state index contributed by atoms with van der Waals surface area (Å²) in [6.07, 6.45) is 0.827. The molecule has 80 valence electrons. The fourth-order valence-electron chi connectivity index (χ4n) is 2.12. The second-order valence-electron chi connectivity index (χ2n) is 4.06. The van der Waals surface area contributed by atoms with Crippen molar-refractivity contribution in [3.8, 4) is 11.5 Å². The van der Waals surface area contributed by atoms with Gasteiger partial charge < -0.3 is 10.5 Å². The normalized spacial score (nSPS) is 17.9. The number of hydrogen-bond acceptors (Lipinski definition) is 2. The van der Waals surface area contributed by atoms with E-state index in [1.165, 1.54) is 5.56 Å². The van der Waals surface area contributed by atoms with E-state index >= 15 is 0 Å². The Labute approximate surface area is 94.7 Å². The van der Waals surface area contributed by atoms with E-state index in [1.807, 2.05) is 42.5 Å². The molecule has 0 aliphatic carbocycles. The van der Waals surface area contributed by atoms with Gasteiger partial charge in [-0.15, -0.1) is 0 Å². The monoisotopic (exact) mass is 211 g/mol. The van der Waals surface area contributed by atoms with E-state index in [-0.39, 0.29) is 6.04 Å². The molecule has 0 amide bonds. The van der Waals surface area contributed by atoms with Crippen LogP contribution in [0.1, 0.15) is 17.2 Å². The number of benzene rings is 2. The Morgan fingerprint density at radius 1 is 0.938 bits per heavy atom. The van der Waals surface area contributed by atoms with E-state index in [4.69, 9.17) is 10.5 Å². The molecule has 0 radical (unpaired) electrons. The van der Waals surface area contributed by atoms with Crippen LogP contribution in [0.4, 0.5) is 0 Å². The maximum Gasteiger partial charge on any atom is 0.132 e. The first-order chi connectivity index (χ1) is 7.84. The maximum absolute atomic E-state index is 6.18. The van der Waals surface area contributed by atoms with Gasteiger partial charge in [-0.2, -0.15) is 0 Å². The summed E-state index contributed by atoms with van der Waals surface area (Å²) >= 11 is 0. The minimum atomic E-state index is 0.0137. The number of fused-ring (bicyclic) bond motifs is 2. The molecule has 2 aromatic carbocycles. The van der Waals surface area contributed by atoms with E-state index in [2.05, 4.69) is 6.07 Å². The highest BCUT2D eigenvalue weighted by Crippen LogP contribution is 2.36. The summed E-state index contributed by atoms with van der Waals surface area (Å²) in [6.45, 7) is 0. The van der Waals surface area contributed by atoms with Gasteiger partial charge >= 0.3 is 0 Å². The number of para-hydroxylation sites is 2. The van der Waals surface area contributed by atoms with Crippen molar-refractivity contribution in [2.75, 3.05) is 0 Å². The average Bonchev–Trinajstić information content (AvgIpc) is 2.45. The smallest absolute Gasteiger partial charge is 0.132 e. The molecule has 16 heavy (non-hydrogen) atoms. The first-order valence-electron chi connectivity index (χ1n) is 5.45. The SMILES string of the molecule is NC1Cc2ccccc2Oc2ccccc21. The van der Waals surface area contributed by atoms with Gasteiger partial charge in [-0.25, -0.2) is 0 Å². The Morgan fingerprint density at radius 2 is 1.62 bits per heavy atom. The van der Waals surface area contributed by atoms with Crippen molar-refractivity contribution >= 4 is 0 Å². The third-order valence-electron chi connectivity index (χ3n) is 2.95. The van der Waals surface area contributed by atoms with Crippen molar-refractivity contribution in [3.63, 3.8) is 0 Å². The molecule has 1 atom stereocenters. The predicted molar refractivity (Wildman–Crippen MR) is 63.6 cm³/mol. The molecule has 2 nitrogen and oxygen atoms in total. The molecular weight excluding hydrogens is 198 g/mol. The van der Waals surface area contributed by atoms with Gasteiger partial charge in [0.15, 0.2) is 0 Å². The van der Waals surface area contributed by atoms with Crippen LogP contribution in [0, 0.1) is 0 Å². The zero-order valence-electron chi connectivity index (χ0n) is 8.89. The van der Waals surface area contributed by atoms with Crippen molar-refractivity contribution in [2.45, 2.75) is 12.5 Å². The Bertz CT molecular complexity index is 522. The first-order valence-corrected chi connectivity index (χ1v) is 5.45. The van der Waals surface area contributed by atoms with E-state index in [9.17, 15) is 0 Å². The van der Waals surface area contributed by atoms with Gasteiger partial charge in [0.1, 0.15) is 11.5 Å². The van der Waals surface area contributed by atoms with Crippen molar-refractivity contribution in [1.29, 1.82) is 0 Å². The Balaban J connectivity index is 2.15. The predicted octanol–water partition coefficient (Wildman–Crippen LogP) is 3.03. The number of nitrogens with two attached hydrogens (primary N) is 1. The quantitative estimate of drug-likeness (QED) is 0.727. The summed E-state index contributed by atoms with van der Waals surface area (Å²) < 4.78 is 5.89. The first kappa shape index (κ1) is 9.43. The van der Waals surface area contributed by atoms with Crippen LogP contribution in [-0.2, 0) is 6.42 Å². The van der Waals surface area contributed by atoms with Gasteiger partial charge in [0.05, 0.1) is 0 Å². The maximum atomic E-state index is 6.18. The molecule has 2 N–H and O–H groups in total. The van der Waals surface area contributed by atoms with Gasteiger partial charge in [0.2, 0.25) is 0 Å². The second-order valence-corrected chi connectivity index (χ2v) is 4.06. The average molecular weight is 211 g/mol. The molecule has 0 bridgehead atoms. The van der Waals surface area contributed by atoms with E-state index in [0.717, 1.165) is 23.5 Å². The molecule has 0 spiro atoms. The molecule has 0 saturated heterocycles. The van der Waals surface area contributed by atoms with E-state index < -0.39 is 0 Å². The molecule has 1 heterocycles. The van der Waals surface area contributed by atoms with Crippen LogP contribution >= 0.6 is 0 Å². The lowest BCUT2D eigenvalue weighted by molar-refractivity contribution is 0.478. The van der Waals surface area contributed by atoms with E-state index in [1.54, 1.807) is 0 Å². The highest BCUT2D eigenvalue weighted by atomic mass is 16.5. The molecule has 2 heteroatoms. The largest absolute Gasteiger partial charge is 0.457 e. The van der Waals surface area contributed by atoms with Crippen LogP contribution in [0.15, 0.2) is 48.5 Å². The Kier molecular flexibility index (Phi) is 2.15. The number of hydrogen-bond donors (Lipinski definition) is 1. The zero-order chi connectivity index (χ0) is 11.0. The van der Waals surface area contributed by atoms with Gasteiger partial charge in [-0.3, -0.25) is 0 Å². The van der Waals surface area contributed by atoms with Crippen LogP contribution in [0.25, 0.3) is 0 Å². The van der Waals surface area contributed by atoms with Crippen LogP contribution in [0.5, 0.6) is 11.5 Å². The molecule has 2 aromatic rings. The molecule has 0 aromatic heterocycles. The summed E-state index contributed by atoms with van der Waals surface area (Å²) in [5.74, 6) is 1.79. The molecule has 0 fully saturated rings. The van der Waals surface area contributed by atoms with Crippen molar-refractivity contribution in [1.82, 2.24) is 0 Å². The third-order valence-corrected chi connectivity index (χ3v) is 2.95. The van der Waals surface area contributed by atoms with Crippen LogP contribution in [-0.4, -0.2) is 0 Å². The minimum Gasteiger partial charge on any atom is -0.457 e. The highest BCUT2D eigenvalue weighted by Gasteiger charge is 2.19. The standard InChI is InChI=1S/C14H13NO/c15-12-9-10-5-1-3-7-13(10)16-14-8-4-2-6-11(12)14/h1-8,12H,9,15H2.